The van der Waals surface area contributed by atoms with Crippen LogP contribution in [0.1, 0.15) is 25.0 Å². The van der Waals surface area contributed by atoms with Gasteiger partial charge in [0.05, 0.1) is 12.2 Å². The zero-order chi connectivity index (χ0) is 8.97. The Morgan fingerprint density at radius 2 is 1.75 bits per heavy atom. The summed E-state index contributed by atoms with van der Waals surface area (Å²) in [5.74, 6) is 0. The first-order valence-electron chi connectivity index (χ1n) is 4.11. The van der Waals surface area contributed by atoms with Gasteiger partial charge in [0.25, 0.3) is 0 Å². The molecule has 1 aromatic rings. The maximum absolute atomic E-state index is 9.53. The summed E-state index contributed by atoms with van der Waals surface area (Å²) in [4.78, 5) is 0. The molecule has 2 N–H and O–H groups in total. The summed E-state index contributed by atoms with van der Waals surface area (Å²) < 4.78 is 0. The maximum atomic E-state index is 9.53. The lowest BCUT2D eigenvalue weighted by molar-refractivity contribution is 0.0907. The standard InChI is InChI=1S/C10H14O2/c1-8(11)7-10(12)9-5-3-2-4-6-9/h2-6,8,10-12H,7H2,1H3/t8-,10-/m1/s1. The lowest BCUT2D eigenvalue weighted by Crippen LogP contribution is -2.07. The van der Waals surface area contributed by atoms with Crippen LogP contribution < -0.4 is 0 Å². The molecule has 0 radical (unpaired) electrons. The highest BCUT2D eigenvalue weighted by molar-refractivity contribution is 5.17. The Bertz CT molecular complexity index is 219. The topological polar surface area (TPSA) is 40.5 Å². The summed E-state index contributed by atoms with van der Waals surface area (Å²) in [7, 11) is 0. The molecule has 0 heterocycles. The highest BCUT2D eigenvalue weighted by Crippen LogP contribution is 2.17. The van der Waals surface area contributed by atoms with Gasteiger partial charge in [-0.15, -0.1) is 0 Å². The van der Waals surface area contributed by atoms with E-state index in [9.17, 15) is 5.11 Å². The van der Waals surface area contributed by atoms with Gasteiger partial charge in [0.2, 0.25) is 0 Å². The Balaban J connectivity index is 2.59. The molecule has 2 atom stereocenters. The van der Waals surface area contributed by atoms with Crippen molar-refractivity contribution < 1.29 is 10.2 Å². The van der Waals surface area contributed by atoms with Crippen molar-refractivity contribution in [1.82, 2.24) is 0 Å². The van der Waals surface area contributed by atoms with Crippen LogP contribution in [0.25, 0.3) is 0 Å². The van der Waals surface area contributed by atoms with Crippen LogP contribution in [0.2, 0.25) is 0 Å². The van der Waals surface area contributed by atoms with E-state index < -0.39 is 12.2 Å². The van der Waals surface area contributed by atoms with E-state index in [1.807, 2.05) is 30.3 Å². The van der Waals surface area contributed by atoms with Crippen molar-refractivity contribution in [3.8, 4) is 0 Å². The summed E-state index contributed by atoms with van der Waals surface area (Å²) in [6, 6.07) is 9.36. The fraction of sp³-hybridized carbons (Fsp3) is 0.400. The second-order valence-electron chi connectivity index (χ2n) is 3.01. The van der Waals surface area contributed by atoms with Gasteiger partial charge in [-0.25, -0.2) is 0 Å². The van der Waals surface area contributed by atoms with Crippen LogP contribution in [-0.4, -0.2) is 16.3 Å². The zero-order valence-electron chi connectivity index (χ0n) is 7.14. The predicted molar refractivity (Wildman–Crippen MR) is 47.7 cm³/mol. The summed E-state index contributed by atoms with van der Waals surface area (Å²) in [6.45, 7) is 1.67. The van der Waals surface area contributed by atoms with Crippen LogP contribution in [0.3, 0.4) is 0 Å². The largest absolute Gasteiger partial charge is 0.393 e. The van der Waals surface area contributed by atoms with Crippen molar-refractivity contribution in [1.29, 1.82) is 0 Å². The van der Waals surface area contributed by atoms with Crippen LogP contribution in [0.4, 0.5) is 0 Å². The van der Waals surface area contributed by atoms with Crippen molar-refractivity contribution in [2.45, 2.75) is 25.6 Å². The molecule has 1 rings (SSSR count). The lowest BCUT2D eigenvalue weighted by atomic mass is 10.0. The van der Waals surface area contributed by atoms with E-state index in [1.54, 1.807) is 6.92 Å². The minimum atomic E-state index is -0.550. The van der Waals surface area contributed by atoms with Crippen molar-refractivity contribution >= 4 is 0 Å². The molecule has 0 saturated carbocycles. The van der Waals surface area contributed by atoms with E-state index in [1.165, 1.54) is 0 Å². The number of aliphatic hydroxyl groups is 2. The fourth-order valence-corrected chi connectivity index (χ4v) is 1.13. The van der Waals surface area contributed by atoms with Gasteiger partial charge in [-0.3, -0.25) is 0 Å². The molecule has 0 unspecified atom stereocenters. The van der Waals surface area contributed by atoms with Crippen LogP contribution in [0.15, 0.2) is 30.3 Å². The smallest absolute Gasteiger partial charge is 0.0814 e. The zero-order valence-corrected chi connectivity index (χ0v) is 7.14. The molecule has 0 aromatic heterocycles. The van der Waals surface area contributed by atoms with Gasteiger partial charge in [0, 0.05) is 6.42 Å². The van der Waals surface area contributed by atoms with Crippen molar-refractivity contribution in [3.63, 3.8) is 0 Å². The third-order valence-corrected chi connectivity index (χ3v) is 1.75. The van der Waals surface area contributed by atoms with Gasteiger partial charge >= 0.3 is 0 Å². The Kier molecular flexibility index (Phi) is 3.26. The highest BCUT2D eigenvalue weighted by Gasteiger charge is 2.08. The fourth-order valence-electron chi connectivity index (χ4n) is 1.13. The molecule has 0 aliphatic heterocycles. The van der Waals surface area contributed by atoms with E-state index in [2.05, 4.69) is 0 Å². The summed E-state index contributed by atoms with van der Waals surface area (Å²) >= 11 is 0. The summed E-state index contributed by atoms with van der Waals surface area (Å²) in [5, 5.41) is 18.6. The van der Waals surface area contributed by atoms with Crippen LogP contribution in [0.5, 0.6) is 0 Å². The molecule has 2 nitrogen and oxygen atoms in total. The van der Waals surface area contributed by atoms with E-state index in [-0.39, 0.29) is 0 Å². The first-order chi connectivity index (χ1) is 5.70. The quantitative estimate of drug-likeness (QED) is 0.714. The minimum absolute atomic E-state index is 0.393. The average Bonchev–Trinajstić information content (AvgIpc) is 2.05. The van der Waals surface area contributed by atoms with Crippen molar-refractivity contribution in [2.75, 3.05) is 0 Å². The van der Waals surface area contributed by atoms with Gasteiger partial charge < -0.3 is 10.2 Å². The third-order valence-electron chi connectivity index (χ3n) is 1.75. The Morgan fingerprint density at radius 3 is 2.25 bits per heavy atom. The molecule has 12 heavy (non-hydrogen) atoms. The number of hydrogen-bond acceptors (Lipinski definition) is 2. The predicted octanol–water partition coefficient (Wildman–Crippen LogP) is 1.49. The Hall–Kier alpha value is -0.860. The van der Waals surface area contributed by atoms with Crippen LogP contribution in [0, 0.1) is 0 Å². The molecule has 0 amide bonds. The minimum Gasteiger partial charge on any atom is -0.393 e. The van der Waals surface area contributed by atoms with Gasteiger partial charge in [-0.2, -0.15) is 0 Å². The first-order valence-corrected chi connectivity index (χ1v) is 4.11. The second-order valence-corrected chi connectivity index (χ2v) is 3.01. The molecule has 2 heteroatoms. The van der Waals surface area contributed by atoms with Gasteiger partial charge in [-0.05, 0) is 12.5 Å². The molecule has 0 aliphatic rings. The molecule has 0 fully saturated rings. The molecular weight excluding hydrogens is 152 g/mol. The molecule has 1 aromatic carbocycles. The summed E-state index contributed by atoms with van der Waals surface area (Å²) in [6.07, 6.45) is -0.615. The average molecular weight is 166 g/mol. The van der Waals surface area contributed by atoms with Crippen LogP contribution in [-0.2, 0) is 0 Å². The monoisotopic (exact) mass is 166 g/mol. The van der Waals surface area contributed by atoms with Gasteiger partial charge in [-0.1, -0.05) is 30.3 Å². The SMILES string of the molecule is C[C@@H](O)C[C@@H](O)c1ccccc1. The molecule has 0 bridgehead atoms. The molecule has 0 saturated heterocycles. The Labute approximate surface area is 72.5 Å². The Morgan fingerprint density at radius 1 is 1.17 bits per heavy atom. The van der Waals surface area contributed by atoms with Crippen molar-refractivity contribution in [3.05, 3.63) is 35.9 Å². The normalized spacial score (nSPS) is 15.6. The number of hydrogen-bond donors (Lipinski definition) is 2. The van der Waals surface area contributed by atoms with E-state index in [0.29, 0.717) is 6.42 Å². The highest BCUT2D eigenvalue weighted by atomic mass is 16.3. The van der Waals surface area contributed by atoms with Crippen LogP contribution >= 0.6 is 0 Å². The summed E-state index contributed by atoms with van der Waals surface area (Å²) in [5.41, 5.74) is 0.860. The number of aliphatic hydroxyl groups excluding tert-OH is 2. The van der Waals surface area contributed by atoms with Gasteiger partial charge in [0.15, 0.2) is 0 Å². The van der Waals surface area contributed by atoms with Crippen molar-refractivity contribution in [2.24, 2.45) is 0 Å². The second kappa shape index (κ2) is 4.24. The first kappa shape index (κ1) is 9.23. The van der Waals surface area contributed by atoms with Gasteiger partial charge in [0.1, 0.15) is 0 Å². The molecule has 0 spiro atoms. The number of rotatable bonds is 3. The van der Waals surface area contributed by atoms with E-state index in [4.69, 9.17) is 5.11 Å². The van der Waals surface area contributed by atoms with E-state index >= 15 is 0 Å². The maximum Gasteiger partial charge on any atom is 0.0814 e. The van der Waals surface area contributed by atoms with E-state index in [0.717, 1.165) is 5.56 Å². The molecule has 0 aliphatic carbocycles. The lowest BCUT2D eigenvalue weighted by Gasteiger charge is -2.11. The third kappa shape index (κ3) is 2.64. The number of benzene rings is 1. The molecular formula is C10H14O2. The molecule has 66 valence electrons.